The number of aliphatic hydroxyl groups excluding tert-OH is 1. The summed E-state index contributed by atoms with van der Waals surface area (Å²) in [5.41, 5.74) is 0.751. The summed E-state index contributed by atoms with van der Waals surface area (Å²) in [4.78, 5) is 11.7. The molecule has 0 saturated carbocycles. The molecule has 1 aromatic carbocycles. The lowest BCUT2D eigenvalue weighted by Crippen LogP contribution is -2.24. The van der Waals surface area contributed by atoms with Crippen LogP contribution in [0.3, 0.4) is 0 Å². The van der Waals surface area contributed by atoms with E-state index in [1.54, 1.807) is 18.5 Å². The van der Waals surface area contributed by atoms with E-state index in [0.29, 0.717) is 0 Å². The Labute approximate surface area is 71.2 Å². The van der Waals surface area contributed by atoms with E-state index in [1.165, 1.54) is 4.90 Å². The zero-order chi connectivity index (χ0) is 8.81. The smallest absolute Gasteiger partial charge is 0.316 e. The molecule has 0 aromatic heterocycles. The van der Waals surface area contributed by atoms with Gasteiger partial charge in [0.15, 0.2) is 0 Å². The summed E-state index contributed by atoms with van der Waals surface area (Å²) in [6, 6.07) is 9.11. The van der Waals surface area contributed by atoms with E-state index in [9.17, 15) is 4.79 Å². The maximum Gasteiger partial charge on any atom is 0.316 e. The van der Waals surface area contributed by atoms with Crippen LogP contribution in [0.2, 0.25) is 0 Å². The van der Waals surface area contributed by atoms with Gasteiger partial charge in [-0.05, 0) is 12.1 Å². The number of para-hydroxylation sites is 1. The fourth-order valence-corrected chi connectivity index (χ4v) is 0.935. The van der Waals surface area contributed by atoms with Crippen molar-refractivity contribution in [3.63, 3.8) is 0 Å². The lowest BCUT2D eigenvalue weighted by atomic mass is 10.3. The monoisotopic (exact) mass is 164 g/mol. The predicted molar refractivity (Wildman–Crippen MR) is 46.6 cm³/mol. The van der Waals surface area contributed by atoms with Crippen molar-refractivity contribution in [3.05, 3.63) is 30.3 Å². The number of amides is 1. The minimum Gasteiger partial charge on any atom is -0.395 e. The number of carbonyl (C=O) groups excluding carboxylic acids is 1. The molecule has 0 saturated heterocycles. The van der Waals surface area contributed by atoms with Crippen LogP contribution in [0.5, 0.6) is 0 Å². The van der Waals surface area contributed by atoms with Gasteiger partial charge in [0.1, 0.15) is 0 Å². The van der Waals surface area contributed by atoms with Crippen LogP contribution < -0.4 is 4.90 Å². The van der Waals surface area contributed by atoms with Crippen LogP contribution in [0.15, 0.2) is 30.3 Å². The highest BCUT2D eigenvalue weighted by Gasteiger charge is 2.02. The third-order valence-corrected chi connectivity index (χ3v) is 1.50. The zero-order valence-corrected chi connectivity index (χ0v) is 6.60. The molecule has 3 nitrogen and oxygen atoms in total. The molecular formula is C9H10NO2. The Hall–Kier alpha value is -1.35. The second-order valence-corrected chi connectivity index (χ2v) is 2.30. The molecule has 0 unspecified atom stereocenters. The molecule has 12 heavy (non-hydrogen) atoms. The molecule has 3 heteroatoms. The minimum absolute atomic E-state index is 0.0515. The van der Waals surface area contributed by atoms with Crippen molar-refractivity contribution in [1.29, 1.82) is 0 Å². The number of benzene rings is 1. The summed E-state index contributed by atoms with van der Waals surface area (Å²) in [5.74, 6) is 0. The highest BCUT2D eigenvalue weighted by Crippen LogP contribution is 2.09. The van der Waals surface area contributed by atoms with E-state index in [2.05, 4.69) is 0 Å². The van der Waals surface area contributed by atoms with Gasteiger partial charge in [-0.1, -0.05) is 18.2 Å². The summed E-state index contributed by atoms with van der Waals surface area (Å²) < 4.78 is 0. The van der Waals surface area contributed by atoms with E-state index in [4.69, 9.17) is 5.11 Å². The SMILES string of the molecule is O=[C]N(CCO)c1ccccc1. The molecule has 0 fully saturated rings. The van der Waals surface area contributed by atoms with Crippen molar-refractivity contribution in [2.45, 2.75) is 0 Å². The minimum atomic E-state index is -0.0515. The molecule has 1 amide bonds. The number of nitrogens with zero attached hydrogens (tertiary/aromatic N) is 1. The van der Waals surface area contributed by atoms with E-state index >= 15 is 0 Å². The molecular weight excluding hydrogens is 154 g/mol. The summed E-state index contributed by atoms with van der Waals surface area (Å²) in [7, 11) is 0. The lowest BCUT2D eigenvalue weighted by Gasteiger charge is -2.13. The quantitative estimate of drug-likeness (QED) is 0.660. The largest absolute Gasteiger partial charge is 0.395 e. The van der Waals surface area contributed by atoms with Crippen molar-refractivity contribution >= 4 is 12.1 Å². The van der Waals surface area contributed by atoms with Crippen molar-refractivity contribution in [1.82, 2.24) is 0 Å². The van der Waals surface area contributed by atoms with Crippen LogP contribution in [0.4, 0.5) is 5.69 Å². The Morgan fingerprint density at radius 3 is 2.50 bits per heavy atom. The van der Waals surface area contributed by atoms with Gasteiger partial charge < -0.3 is 10.0 Å². The van der Waals surface area contributed by atoms with E-state index in [0.717, 1.165) is 5.69 Å². The average Bonchev–Trinajstić information content (AvgIpc) is 2.15. The molecule has 63 valence electrons. The normalized spacial score (nSPS) is 9.42. The predicted octanol–water partition coefficient (Wildman–Crippen LogP) is 0.552. The molecule has 1 aromatic rings. The number of hydrogen-bond acceptors (Lipinski definition) is 2. The van der Waals surface area contributed by atoms with Crippen molar-refractivity contribution < 1.29 is 9.90 Å². The first-order valence-electron chi connectivity index (χ1n) is 3.69. The molecule has 0 bridgehead atoms. The molecule has 0 spiro atoms. The first-order valence-corrected chi connectivity index (χ1v) is 3.69. The zero-order valence-electron chi connectivity index (χ0n) is 6.60. The molecule has 0 aliphatic heterocycles. The maximum absolute atomic E-state index is 10.4. The number of rotatable bonds is 4. The Morgan fingerprint density at radius 2 is 2.00 bits per heavy atom. The topological polar surface area (TPSA) is 40.5 Å². The van der Waals surface area contributed by atoms with Crippen molar-refractivity contribution in [2.24, 2.45) is 0 Å². The van der Waals surface area contributed by atoms with Gasteiger partial charge >= 0.3 is 6.41 Å². The van der Waals surface area contributed by atoms with Crippen LogP contribution in [-0.4, -0.2) is 24.7 Å². The van der Waals surface area contributed by atoms with Crippen LogP contribution in [0.25, 0.3) is 0 Å². The van der Waals surface area contributed by atoms with Crippen LogP contribution in [-0.2, 0) is 4.79 Å². The van der Waals surface area contributed by atoms with E-state index in [-0.39, 0.29) is 13.2 Å². The second kappa shape index (κ2) is 4.51. The van der Waals surface area contributed by atoms with Crippen LogP contribution in [0.1, 0.15) is 0 Å². The number of hydrogen-bond donors (Lipinski definition) is 1. The number of aliphatic hydroxyl groups is 1. The molecule has 0 aliphatic rings. The van der Waals surface area contributed by atoms with E-state index < -0.39 is 0 Å². The van der Waals surface area contributed by atoms with Gasteiger partial charge in [0.05, 0.1) is 6.61 Å². The van der Waals surface area contributed by atoms with E-state index in [1.807, 2.05) is 18.2 Å². The van der Waals surface area contributed by atoms with Crippen molar-refractivity contribution in [2.75, 3.05) is 18.1 Å². The fraction of sp³-hybridized carbons (Fsp3) is 0.222. The van der Waals surface area contributed by atoms with Gasteiger partial charge in [0.25, 0.3) is 0 Å². The van der Waals surface area contributed by atoms with Gasteiger partial charge in [-0.2, -0.15) is 0 Å². The molecule has 1 N–H and O–H groups in total. The summed E-state index contributed by atoms with van der Waals surface area (Å²) in [5, 5.41) is 8.61. The first-order chi connectivity index (χ1) is 5.88. The Kier molecular flexibility index (Phi) is 3.29. The Balaban J connectivity index is 2.73. The third kappa shape index (κ3) is 2.07. The van der Waals surface area contributed by atoms with Crippen LogP contribution >= 0.6 is 0 Å². The lowest BCUT2D eigenvalue weighted by molar-refractivity contribution is 0.306. The summed E-state index contributed by atoms with van der Waals surface area (Å²) in [6.07, 6.45) is 1.74. The fourth-order valence-electron chi connectivity index (χ4n) is 0.935. The van der Waals surface area contributed by atoms with Crippen molar-refractivity contribution in [3.8, 4) is 0 Å². The maximum atomic E-state index is 10.4. The molecule has 1 rings (SSSR count). The number of anilines is 1. The average molecular weight is 164 g/mol. The highest BCUT2D eigenvalue weighted by molar-refractivity contribution is 5.75. The third-order valence-electron chi connectivity index (χ3n) is 1.50. The summed E-state index contributed by atoms with van der Waals surface area (Å²) >= 11 is 0. The van der Waals surface area contributed by atoms with Gasteiger partial charge in [-0.25, -0.2) is 0 Å². The first kappa shape index (κ1) is 8.74. The Morgan fingerprint density at radius 1 is 1.33 bits per heavy atom. The molecule has 1 radical (unpaired) electrons. The van der Waals surface area contributed by atoms with Gasteiger partial charge in [-0.3, -0.25) is 4.79 Å². The van der Waals surface area contributed by atoms with Gasteiger partial charge in [0, 0.05) is 12.2 Å². The second-order valence-electron chi connectivity index (χ2n) is 2.30. The highest BCUT2D eigenvalue weighted by atomic mass is 16.3. The van der Waals surface area contributed by atoms with Gasteiger partial charge in [0.2, 0.25) is 0 Å². The molecule has 0 aliphatic carbocycles. The Bertz CT molecular complexity index is 236. The standard InChI is InChI=1S/C9H10NO2/c11-7-6-10(8-12)9-4-2-1-3-5-9/h1-5,11H,6-7H2. The molecule has 0 atom stereocenters. The molecule has 0 heterocycles. The van der Waals surface area contributed by atoms with Crippen LogP contribution in [0, 0.1) is 0 Å². The summed E-state index contributed by atoms with van der Waals surface area (Å²) in [6.45, 7) is 0.234. The van der Waals surface area contributed by atoms with Gasteiger partial charge in [-0.15, -0.1) is 0 Å².